The number of benzene rings is 1. The normalized spacial score (nSPS) is 12.9. The van der Waals surface area contributed by atoms with E-state index in [0.717, 1.165) is 35.4 Å². The van der Waals surface area contributed by atoms with Crippen LogP contribution in [0, 0.1) is 0 Å². The van der Waals surface area contributed by atoms with Gasteiger partial charge < -0.3 is 10.2 Å². The van der Waals surface area contributed by atoms with Crippen molar-refractivity contribution in [3.05, 3.63) is 33.3 Å². The molecule has 0 aliphatic heterocycles. The van der Waals surface area contributed by atoms with Crippen LogP contribution in [0.15, 0.2) is 22.7 Å². The Kier molecular flexibility index (Phi) is 9.57. The molecule has 1 N–H and O–H groups in total. The SMILES string of the molecule is CCCCN(C)CCC(NCCC)c1ccc(Br)cc1Cl. The Balaban J connectivity index is 2.66. The molecule has 1 rings (SSSR count). The predicted molar refractivity (Wildman–Crippen MR) is 97.2 cm³/mol. The molecule has 0 saturated heterocycles. The van der Waals surface area contributed by atoms with Gasteiger partial charge in [-0.2, -0.15) is 0 Å². The van der Waals surface area contributed by atoms with E-state index in [1.165, 1.54) is 24.9 Å². The van der Waals surface area contributed by atoms with Crippen LogP contribution in [0.3, 0.4) is 0 Å². The molecule has 21 heavy (non-hydrogen) atoms. The third-order valence-corrected chi connectivity index (χ3v) is 4.49. The van der Waals surface area contributed by atoms with E-state index < -0.39 is 0 Å². The third-order valence-electron chi connectivity index (χ3n) is 3.67. The van der Waals surface area contributed by atoms with Gasteiger partial charge in [0.1, 0.15) is 0 Å². The number of hydrogen-bond donors (Lipinski definition) is 1. The Labute approximate surface area is 143 Å². The number of unbranched alkanes of at least 4 members (excludes halogenated alkanes) is 1. The summed E-state index contributed by atoms with van der Waals surface area (Å²) in [6.07, 6.45) is 4.74. The van der Waals surface area contributed by atoms with E-state index in [1.807, 2.05) is 6.07 Å². The van der Waals surface area contributed by atoms with Gasteiger partial charge >= 0.3 is 0 Å². The molecule has 0 fully saturated rings. The number of hydrogen-bond acceptors (Lipinski definition) is 2. The summed E-state index contributed by atoms with van der Waals surface area (Å²) >= 11 is 9.89. The minimum absolute atomic E-state index is 0.328. The maximum absolute atomic E-state index is 6.42. The number of halogens is 2. The first kappa shape index (κ1) is 19.0. The lowest BCUT2D eigenvalue weighted by atomic mass is 10.0. The van der Waals surface area contributed by atoms with Gasteiger partial charge in [-0.25, -0.2) is 0 Å². The van der Waals surface area contributed by atoms with Gasteiger partial charge in [-0.1, -0.05) is 53.9 Å². The quantitative estimate of drug-likeness (QED) is 0.599. The molecule has 0 aliphatic rings. The molecule has 1 aromatic carbocycles. The molecule has 0 radical (unpaired) electrons. The van der Waals surface area contributed by atoms with Crippen LogP contribution in [0.25, 0.3) is 0 Å². The van der Waals surface area contributed by atoms with Crippen molar-refractivity contribution in [3.8, 4) is 0 Å². The van der Waals surface area contributed by atoms with E-state index in [2.05, 4.69) is 59.2 Å². The van der Waals surface area contributed by atoms with E-state index in [1.54, 1.807) is 0 Å². The van der Waals surface area contributed by atoms with Gasteiger partial charge in [0.25, 0.3) is 0 Å². The van der Waals surface area contributed by atoms with Crippen molar-refractivity contribution in [1.29, 1.82) is 0 Å². The molecule has 120 valence electrons. The average molecular weight is 376 g/mol. The molecule has 0 amide bonds. The summed E-state index contributed by atoms with van der Waals surface area (Å²) in [5.41, 5.74) is 1.21. The van der Waals surface area contributed by atoms with Crippen LogP contribution in [-0.4, -0.2) is 31.6 Å². The van der Waals surface area contributed by atoms with Crippen LogP contribution in [0.2, 0.25) is 5.02 Å². The Morgan fingerprint density at radius 1 is 1.24 bits per heavy atom. The lowest BCUT2D eigenvalue weighted by Gasteiger charge is -2.24. The van der Waals surface area contributed by atoms with Gasteiger partial charge in [-0.3, -0.25) is 0 Å². The molecule has 2 nitrogen and oxygen atoms in total. The van der Waals surface area contributed by atoms with E-state index >= 15 is 0 Å². The summed E-state index contributed by atoms with van der Waals surface area (Å²) in [4.78, 5) is 2.41. The molecular formula is C17H28BrClN2. The first-order chi connectivity index (χ1) is 10.1. The standard InChI is InChI=1S/C17H28BrClN2/c1-4-6-11-21(3)12-9-17(20-10-5-2)15-8-7-14(18)13-16(15)19/h7-8,13,17,20H,4-6,9-12H2,1-3H3. The molecule has 4 heteroatoms. The first-order valence-electron chi connectivity index (χ1n) is 7.95. The van der Waals surface area contributed by atoms with Gasteiger partial charge in [-0.05, 0) is 63.6 Å². The van der Waals surface area contributed by atoms with Crippen LogP contribution in [0.1, 0.15) is 51.1 Å². The fourth-order valence-electron chi connectivity index (χ4n) is 2.36. The van der Waals surface area contributed by atoms with E-state index in [-0.39, 0.29) is 0 Å². The molecular weight excluding hydrogens is 348 g/mol. The number of rotatable bonds is 10. The summed E-state index contributed by atoms with van der Waals surface area (Å²) in [6, 6.07) is 6.52. The Morgan fingerprint density at radius 3 is 2.62 bits per heavy atom. The van der Waals surface area contributed by atoms with Gasteiger partial charge in [0.15, 0.2) is 0 Å². The van der Waals surface area contributed by atoms with Crippen molar-refractivity contribution in [2.75, 3.05) is 26.7 Å². The molecule has 0 spiro atoms. The minimum Gasteiger partial charge on any atom is -0.310 e. The zero-order valence-electron chi connectivity index (χ0n) is 13.5. The topological polar surface area (TPSA) is 15.3 Å². The summed E-state index contributed by atoms with van der Waals surface area (Å²) < 4.78 is 1.03. The van der Waals surface area contributed by atoms with E-state index in [9.17, 15) is 0 Å². The summed E-state index contributed by atoms with van der Waals surface area (Å²) in [5, 5.41) is 4.47. The van der Waals surface area contributed by atoms with E-state index in [4.69, 9.17) is 11.6 Å². The highest BCUT2D eigenvalue weighted by molar-refractivity contribution is 9.10. The molecule has 1 atom stereocenters. The fraction of sp³-hybridized carbons (Fsp3) is 0.647. The highest BCUT2D eigenvalue weighted by Crippen LogP contribution is 2.28. The van der Waals surface area contributed by atoms with Crippen molar-refractivity contribution in [2.24, 2.45) is 0 Å². The minimum atomic E-state index is 0.328. The molecule has 0 aromatic heterocycles. The maximum atomic E-state index is 6.42. The average Bonchev–Trinajstić information content (AvgIpc) is 2.46. The molecule has 1 unspecified atom stereocenters. The van der Waals surface area contributed by atoms with Crippen LogP contribution in [0.4, 0.5) is 0 Å². The number of nitrogens with zero attached hydrogens (tertiary/aromatic N) is 1. The van der Waals surface area contributed by atoms with Crippen molar-refractivity contribution in [2.45, 2.75) is 45.6 Å². The van der Waals surface area contributed by atoms with Gasteiger partial charge in [0.05, 0.1) is 0 Å². The van der Waals surface area contributed by atoms with Crippen molar-refractivity contribution < 1.29 is 0 Å². The maximum Gasteiger partial charge on any atom is 0.0465 e. The Hall–Kier alpha value is -0.0900. The zero-order chi connectivity index (χ0) is 15.7. The third kappa shape index (κ3) is 7.14. The van der Waals surface area contributed by atoms with Crippen LogP contribution in [-0.2, 0) is 0 Å². The van der Waals surface area contributed by atoms with Crippen molar-refractivity contribution in [3.63, 3.8) is 0 Å². The van der Waals surface area contributed by atoms with Crippen molar-refractivity contribution >= 4 is 27.5 Å². The van der Waals surface area contributed by atoms with Gasteiger partial charge in [-0.15, -0.1) is 0 Å². The molecule has 0 aliphatic carbocycles. The summed E-state index contributed by atoms with van der Waals surface area (Å²) in [5.74, 6) is 0. The first-order valence-corrected chi connectivity index (χ1v) is 9.12. The van der Waals surface area contributed by atoms with Crippen molar-refractivity contribution in [1.82, 2.24) is 10.2 Å². The highest BCUT2D eigenvalue weighted by atomic mass is 79.9. The molecule has 1 aromatic rings. The Morgan fingerprint density at radius 2 is 2.00 bits per heavy atom. The molecule has 0 heterocycles. The summed E-state index contributed by atoms with van der Waals surface area (Å²) in [6.45, 7) is 7.72. The molecule has 0 bridgehead atoms. The van der Waals surface area contributed by atoms with Crippen LogP contribution < -0.4 is 5.32 Å². The largest absolute Gasteiger partial charge is 0.310 e. The van der Waals surface area contributed by atoms with Gasteiger partial charge in [0.2, 0.25) is 0 Å². The lowest BCUT2D eigenvalue weighted by molar-refractivity contribution is 0.303. The number of nitrogens with one attached hydrogen (secondary N) is 1. The summed E-state index contributed by atoms with van der Waals surface area (Å²) in [7, 11) is 2.20. The second-order valence-corrected chi connectivity index (χ2v) is 6.94. The van der Waals surface area contributed by atoms with Crippen LogP contribution in [0.5, 0.6) is 0 Å². The molecule has 0 saturated carbocycles. The lowest BCUT2D eigenvalue weighted by Crippen LogP contribution is -2.28. The Bertz CT molecular complexity index is 412. The highest BCUT2D eigenvalue weighted by Gasteiger charge is 2.15. The second kappa shape index (κ2) is 10.6. The smallest absolute Gasteiger partial charge is 0.0465 e. The monoisotopic (exact) mass is 374 g/mol. The predicted octanol–water partition coefficient (Wildman–Crippen LogP) is 5.27. The van der Waals surface area contributed by atoms with Gasteiger partial charge in [0, 0.05) is 15.5 Å². The second-order valence-electron chi connectivity index (χ2n) is 5.62. The van der Waals surface area contributed by atoms with E-state index in [0.29, 0.717) is 6.04 Å². The van der Waals surface area contributed by atoms with Crippen LogP contribution >= 0.6 is 27.5 Å². The zero-order valence-corrected chi connectivity index (χ0v) is 15.8. The fourth-order valence-corrected chi connectivity index (χ4v) is 3.16.